The quantitative estimate of drug-likeness (QED) is 0.816. The Morgan fingerprint density at radius 2 is 1.68 bits per heavy atom. The highest BCUT2D eigenvalue weighted by Gasteiger charge is 2.31. The highest BCUT2D eigenvalue weighted by molar-refractivity contribution is 9.10. The summed E-state index contributed by atoms with van der Waals surface area (Å²) in [6, 6.07) is 16.3. The van der Waals surface area contributed by atoms with Gasteiger partial charge in [-0.2, -0.15) is 0 Å². The lowest BCUT2D eigenvalue weighted by Crippen LogP contribution is -2.34. The van der Waals surface area contributed by atoms with Gasteiger partial charge in [-0.3, -0.25) is 0 Å². The van der Waals surface area contributed by atoms with E-state index in [1.54, 1.807) is 12.1 Å². The lowest BCUT2D eigenvalue weighted by molar-refractivity contribution is 0.373. The van der Waals surface area contributed by atoms with Gasteiger partial charge in [-0.25, -0.2) is 0 Å². The Balaban J connectivity index is 1.58. The molecule has 2 aromatic rings. The molecule has 98 valence electrons. The van der Waals surface area contributed by atoms with Crippen LogP contribution in [0.15, 0.2) is 53.0 Å². The molecule has 3 heteroatoms. The van der Waals surface area contributed by atoms with E-state index in [0.29, 0.717) is 17.7 Å². The summed E-state index contributed by atoms with van der Waals surface area (Å²) in [4.78, 5) is 0. The standard InChI is InChI=1S/C16H16BrNO/c17-16-4-2-1-3-15(16)11-9-13(10-11)18-12-5-7-14(19)8-6-12/h1-8,11,13,18-19H,9-10H2. The molecule has 0 amide bonds. The number of phenols is 1. The van der Waals surface area contributed by atoms with Crippen molar-refractivity contribution in [1.82, 2.24) is 0 Å². The number of halogens is 1. The molecule has 0 saturated heterocycles. The highest BCUT2D eigenvalue weighted by atomic mass is 79.9. The maximum absolute atomic E-state index is 9.25. The van der Waals surface area contributed by atoms with Crippen molar-refractivity contribution in [3.63, 3.8) is 0 Å². The van der Waals surface area contributed by atoms with E-state index in [-0.39, 0.29) is 0 Å². The summed E-state index contributed by atoms with van der Waals surface area (Å²) in [5.41, 5.74) is 2.49. The Kier molecular flexibility index (Phi) is 3.47. The molecule has 1 aliphatic rings. The monoisotopic (exact) mass is 317 g/mol. The Bertz CT molecular complexity index is 561. The Morgan fingerprint density at radius 1 is 1.00 bits per heavy atom. The second-order valence-corrected chi connectivity index (χ2v) is 5.93. The van der Waals surface area contributed by atoms with Crippen LogP contribution >= 0.6 is 15.9 Å². The molecular formula is C16H16BrNO. The molecule has 0 bridgehead atoms. The minimum absolute atomic E-state index is 0.310. The normalized spacial score (nSPS) is 21.7. The van der Waals surface area contributed by atoms with Gasteiger partial charge < -0.3 is 10.4 Å². The van der Waals surface area contributed by atoms with Crippen LogP contribution in [0.25, 0.3) is 0 Å². The molecule has 0 radical (unpaired) electrons. The van der Waals surface area contributed by atoms with E-state index in [9.17, 15) is 5.11 Å². The molecule has 2 aromatic carbocycles. The molecule has 1 aliphatic carbocycles. The zero-order chi connectivity index (χ0) is 13.2. The van der Waals surface area contributed by atoms with Crippen LogP contribution in [0.5, 0.6) is 5.75 Å². The number of hydrogen-bond donors (Lipinski definition) is 2. The van der Waals surface area contributed by atoms with Gasteiger partial charge in [-0.05, 0) is 54.7 Å². The maximum atomic E-state index is 9.25. The molecule has 1 fully saturated rings. The van der Waals surface area contributed by atoms with Crippen molar-refractivity contribution in [3.8, 4) is 5.75 Å². The third kappa shape index (κ3) is 2.76. The van der Waals surface area contributed by atoms with Crippen LogP contribution in [0.1, 0.15) is 24.3 Å². The topological polar surface area (TPSA) is 32.3 Å². The fourth-order valence-corrected chi connectivity index (χ4v) is 3.20. The van der Waals surface area contributed by atoms with E-state index < -0.39 is 0 Å². The summed E-state index contributed by atoms with van der Waals surface area (Å²) in [6.45, 7) is 0. The van der Waals surface area contributed by atoms with E-state index in [1.165, 1.54) is 10.0 Å². The first-order chi connectivity index (χ1) is 9.22. The third-order valence-corrected chi connectivity index (χ3v) is 4.44. The molecular weight excluding hydrogens is 302 g/mol. The van der Waals surface area contributed by atoms with Crippen LogP contribution in [0.2, 0.25) is 0 Å². The second-order valence-electron chi connectivity index (χ2n) is 5.08. The predicted octanol–water partition coefficient (Wildman–Crippen LogP) is 4.51. The third-order valence-electron chi connectivity index (χ3n) is 3.72. The van der Waals surface area contributed by atoms with Gasteiger partial charge in [0.15, 0.2) is 0 Å². The summed E-state index contributed by atoms with van der Waals surface area (Å²) < 4.78 is 1.21. The first kappa shape index (κ1) is 12.5. The van der Waals surface area contributed by atoms with Gasteiger partial charge in [0.25, 0.3) is 0 Å². The van der Waals surface area contributed by atoms with Crippen molar-refractivity contribution >= 4 is 21.6 Å². The minimum atomic E-state index is 0.310. The van der Waals surface area contributed by atoms with Gasteiger partial charge in [0.2, 0.25) is 0 Å². The number of nitrogens with one attached hydrogen (secondary N) is 1. The molecule has 1 saturated carbocycles. The van der Waals surface area contributed by atoms with Crippen LogP contribution in [-0.2, 0) is 0 Å². The lowest BCUT2D eigenvalue weighted by atomic mass is 9.76. The Labute approximate surface area is 121 Å². The number of hydrogen-bond acceptors (Lipinski definition) is 2. The van der Waals surface area contributed by atoms with Gasteiger partial charge in [0, 0.05) is 16.2 Å². The average Bonchev–Trinajstić information content (AvgIpc) is 2.37. The van der Waals surface area contributed by atoms with E-state index in [2.05, 4.69) is 45.5 Å². The fraction of sp³-hybridized carbons (Fsp3) is 0.250. The zero-order valence-corrected chi connectivity index (χ0v) is 12.1. The van der Waals surface area contributed by atoms with Crippen LogP contribution in [0.3, 0.4) is 0 Å². The molecule has 0 aliphatic heterocycles. The maximum Gasteiger partial charge on any atom is 0.115 e. The van der Waals surface area contributed by atoms with E-state index >= 15 is 0 Å². The van der Waals surface area contributed by atoms with Crippen molar-refractivity contribution in [2.45, 2.75) is 24.8 Å². The number of benzene rings is 2. The molecule has 0 heterocycles. The van der Waals surface area contributed by atoms with Crippen LogP contribution in [-0.4, -0.2) is 11.1 Å². The smallest absolute Gasteiger partial charge is 0.115 e. The lowest BCUT2D eigenvalue weighted by Gasteiger charge is -2.37. The van der Waals surface area contributed by atoms with Crippen molar-refractivity contribution in [1.29, 1.82) is 0 Å². The number of anilines is 1. The summed E-state index contributed by atoms with van der Waals surface area (Å²) in [6.07, 6.45) is 2.31. The first-order valence-corrected chi connectivity index (χ1v) is 7.31. The number of rotatable bonds is 3. The van der Waals surface area contributed by atoms with Gasteiger partial charge in [0.1, 0.15) is 5.75 Å². The summed E-state index contributed by atoms with van der Waals surface area (Å²) in [5, 5.41) is 12.7. The van der Waals surface area contributed by atoms with Crippen molar-refractivity contribution in [2.75, 3.05) is 5.32 Å². The summed E-state index contributed by atoms with van der Waals surface area (Å²) in [5.74, 6) is 0.954. The average molecular weight is 318 g/mol. The molecule has 0 atom stereocenters. The Hall–Kier alpha value is -1.48. The molecule has 3 rings (SSSR count). The summed E-state index contributed by atoms with van der Waals surface area (Å²) >= 11 is 3.62. The van der Waals surface area contributed by atoms with Crippen LogP contribution in [0.4, 0.5) is 5.69 Å². The van der Waals surface area contributed by atoms with Crippen LogP contribution in [0, 0.1) is 0 Å². The van der Waals surface area contributed by atoms with Gasteiger partial charge in [-0.15, -0.1) is 0 Å². The fourth-order valence-electron chi connectivity index (χ4n) is 2.59. The second kappa shape index (κ2) is 5.25. The van der Waals surface area contributed by atoms with Gasteiger partial charge >= 0.3 is 0 Å². The van der Waals surface area contributed by atoms with Crippen molar-refractivity contribution in [3.05, 3.63) is 58.6 Å². The molecule has 0 unspecified atom stereocenters. The highest BCUT2D eigenvalue weighted by Crippen LogP contribution is 2.41. The van der Waals surface area contributed by atoms with Gasteiger partial charge in [0.05, 0.1) is 0 Å². The zero-order valence-electron chi connectivity index (χ0n) is 10.5. The molecule has 0 aromatic heterocycles. The number of phenolic OH excluding ortho intramolecular Hbond substituents is 1. The van der Waals surface area contributed by atoms with E-state index in [0.717, 1.165) is 18.5 Å². The molecule has 0 spiro atoms. The Morgan fingerprint density at radius 3 is 2.37 bits per heavy atom. The number of aromatic hydroxyl groups is 1. The van der Waals surface area contributed by atoms with E-state index in [4.69, 9.17) is 0 Å². The summed E-state index contributed by atoms with van der Waals surface area (Å²) in [7, 11) is 0. The molecule has 2 N–H and O–H groups in total. The van der Waals surface area contributed by atoms with Crippen molar-refractivity contribution < 1.29 is 5.11 Å². The van der Waals surface area contributed by atoms with Crippen molar-refractivity contribution in [2.24, 2.45) is 0 Å². The van der Waals surface area contributed by atoms with Crippen LogP contribution < -0.4 is 5.32 Å². The minimum Gasteiger partial charge on any atom is -0.508 e. The predicted molar refractivity (Wildman–Crippen MR) is 81.6 cm³/mol. The largest absolute Gasteiger partial charge is 0.508 e. The molecule has 2 nitrogen and oxygen atoms in total. The first-order valence-electron chi connectivity index (χ1n) is 6.52. The van der Waals surface area contributed by atoms with E-state index in [1.807, 2.05) is 12.1 Å². The molecule has 19 heavy (non-hydrogen) atoms. The SMILES string of the molecule is Oc1ccc(NC2CC(c3ccccc3Br)C2)cc1. The van der Waals surface area contributed by atoms with Gasteiger partial charge in [-0.1, -0.05) is 34.1 Å².